The Kier molecular flexibility index (Phi) is 8.40. The molecule has 1 N–H and O–H groups in total. The van der Waals surface area contributed by atoms with Gasteiger partial charge < -0.3 is 14.6 Å². The molecule has 1 amide bonds. The second-order valence-electron chi connectivity index (χ2n) is 7.12. The van der Waals surface area contributed by atoms with E-state index in [0.717, 1.165) is 10.2 Å². The number of hydrogen-bond acceptors (Lipinski definition) is 5. The van der Waals surface area contributed by atoms with E-state index in [0.29, 0.717) is 40.8 Å². The molecule has 0 unspecified atom stereocenters. The zero-order valence-electron chi connectivity index (χ0n) is 17.6. The predicted molar refractivity (Wildman–Crippen MR) is 129 cm³/mol. The second kappa shape index (κ2) is 11.0. The maximum atomic E-state index is 12.3. The number of aromatic nitrogens is 3. The normalized spacial score (nSPS) is 11.0. The molecule has 3 rings (SSSR count). The molecule has 0 atom stereocenters. The molecule has 6 nitrogen and oxygen atoms in total. The van der Waals surface area contributed by atoms with Gasteiger partial charge in [0.05, 0.1) is 16.5 Å². The number of nitrogens with one attached hydrogen (secondary N) is 1. The van der Waals surface area contributed by atoms with Gasteiger partial charge in [-0.3, -0.25) is 4.79 Å². The SMILES string of the molecule is CCn1c(COc2ccc(C(C)C)cc2)nnc1SCC(=O)Nc1ccc(Br)cc1Cl. The maximum absolute atomic E-state index is 12.3. The Hall–Kier alpha value is -2.03. The summed E-state index contributed by atoms with van der Waals surface area (Å²) in [5, 5.41) is 12.4. The molecule has 0 spiro atoms. The Morgan fingerprint density at radius 2 is 1.97 bits per heavy atom. The molecule has 0 saturated heterocycles. The number of amides is 1. The summed E-state index contributed by atoms with van der Waals surface area (Å²) in [6.07, 6.45) is 0. The number of benzene rings is 2. The summed E-state index contributed by atoms with van der Waals surface area (Å²) in [6, 6.07) is 13.4. The summed E-state index contributed by atoms with van der Waals surface area (Å²) < 4.78 is 8.68. The fraction of sp³-hybridized carbons (Fsp3) is 0.318. The first-order valence-electron chi connectivity index (χ1n) is 9.90. The van der Waals surface area contributed by atoms with Crippen molar-refractivity contribution < 1.29 is 9.53 Å². The van der Waals surface area contributed by atoms with E-state index < -0.39 is 0 Å². The Balaban J connectivity index is 1.57. The molecule has 1 heterocycles. The minimum atomic E-state index is -0.164. The summed E-state index contributed by atoms with van der Waals surface area (Å²) in [4.78, 5) is 12.3. The van der Waals surface area contributed by atoms with Crippen molar-refractivity contribution in [3.8, 4) is 5.75 Å². The summed E-state index contributed by atoms with van der Waals surface area (Å²) >= 11 is 10.8. The van der Waals surface area contributed by atoms with Gasteiger partial charge in [0.2, 0.25) is 5.91 Å². The number of carbonyl (C=O) groups is 1. The minimum Gasteiger partial charge on any atom is -0.486 e. The highest BCUT2D eigenvalue weighted by Gasteiger charge is 2.14. The van der Waals surface area contributed by atoms with E-state index in [1.54, 1.807) is 12.1 Å². The van der Waals surface area contributed by atoms with Crippen LogP contribution in [0.5, 0.6) is 5.75 Å². The van der Waals surface area contributed by atoms with E-state index >= 15 is 0 Å². The lowest BCUT2D eigenvalue weighted by atomic mass is 10.0. The predicted octanol–water partition coefficient (Wildman–Crippen LogP) is 6.15. The Bertz CT molecular complexity index is 1040. The van der Waals surface area contributed by atoms with Crippen LogP contribution < -0.4 is 10.1 Å². The summed E-state index contributed by atoms with van der Waals surface area (Å²) in [5.41, 5.74) is 1.84. The average molecular weight is 524 g/mol. The fourth-order valence-electron chi connectivity index (χ4n) is 2.85. The third kappa shape index (κ3) is 6.48. The van der Waals surface area contributed by atoms with Crippen LogP contribution in [0.25, 0.3) is 0 Å². The molecule has 0 aliphatic rings. The molecule has 2 aromatic carbocycles. The van der Waals surface area contributed by atoms with Gasteiger partial charge >= 0.3 is 0 Å². The van der Waals surface area contributed by atoms with E-state index in [4.69, 9.17) is 16.3 Å². The lowest BCUT2D eigenvalue weighted by Crippen LogP contribution is -2.15. The van der Waals surface area contributed by atoms with Crippen LogP contribution >= 0.6 is 39.3 Å². The van der Waals surface area contributed by atoms with E-state index in [1.165, 1.54) is 17.3 Å². The molecular weight excluding hydrogens is 500 g/mol. The topological polar surface area (TPSA) is 69.0 Å². The number of ether oxygens (including phenoxy) is 1. The molecule has 0 radical (unpaired) electrons. The third-order valence-electron chi connectivity index (χ3n) is 4.56. The van der Waals surface area contributed by atoms with Crippen LogP contribution in [-0.2, 0) is 17.9 Å². The molecule has 31 heavy (non-hydrogen) atoms. The van der Waals surface area contributed by atoms with Gasteiger partial charge in [-0.25, -0.2) is 0 Å². The van der Waals surface area contributed by atoms with E-state index in [1.807, 2.05) is 29.7 Å². The highest BCUT2D eigenvalue weighted by atomic mass is 79.9. The van der Waals surface area contributed by atoms with Crippen molar-refractivity contribution in [2.45, 2.75) is 45.0 Å². The van der Waals surface area contributed by atoms with E-state index in [2.05, 4.69) is 57.4 Å². The lowest BCUT2D eigenvalue weighted by molar-refractivity contribution is -0.113. The van der Waals surface area contributed by atoms with Crippen molar-refractivity contribution in [3.05, 3.63) is 63.3 Å². The molecule has 3 aromatic rings. The molecule has 0 saturated carbocycles. The number of anilines is 1. The fourth-order valence-corrected chi connectivity index (χ4v) is 4.40. The number of carbonyl (C=O) groups excluding carboxylic acids is 1. The largest absolute Gasteiger partial charge is 0.486 e. The number of hydrogen-bond donors (Lipinski definition) is 1. The summed E-state index contributed by atoms with van der Waals surface area (Å²) in [5.74, 6) is 2.02. The molecule has 0 aliphatic heterocycles. The van der Waals surface area contributed by atoms with Crippen molar-refractivity contribution in [1.29, 1.82) is 0 Å². The Morgan fingerprint density at radius 1 is 1.23 bits per heavy atom. The molecule has 9 heteroatoms. The highest BCUT2D eigenvalue weighted by molar-refractivity contribution is 9.10. The zero-order valence-corrected chi connectivity index (χ0v) is 20.7. The van der Waals surface area contributed by atoms with Gasteiger partial charge in [-0.1, -0.05) is 65.3 Å². The monoisotopic (exact) mass is 522 g/mol. The molecule has 0 aliphatic carbocycles. The van der Waals surface area contributed by atoms with Crippen LogP contribution in [0.4, 0.5) is 5.69 Å². The van der Waals surface area contributed by atoms with Gasteiger partial charge in [-0.2, -0.15) is 0 Å². The van der Waals surface area contributed by atoms with Gasteiger partial charge in [0, 0.05) is 11.0 Å². The minimum absolute atomic E-state index is 0.164. The van der Waals surface area contributed by atoms with Crippen LogP contribution in [0.3, 0.4) is 0 Å². The smallest absolute Gasteiger partial charge is 0.234 e. The number of rotatable bonds is 9. The van der Waals surface area contributed by atoms with Crippen molar-refractivity contribution in [3.63, 3.8) is 0 Å². The van der Waals surface area contributed by atoms with Crippen molar-refractivity contribution >= 4 is 50.9 Å². The van der Waals surface area contributed by atoms with Crippen LogP contribution in [0.15, 0.2) is 52.1 Å². The standard InChI is InChI=1S/C22H24BrClN4O2S/c1-4-28-20(12-30-17-8-5-15(6-9-17)14(2)3)26-27-22(28)31-13-21(29)25-19-10-7-16(23)11-18(19)24/h5-11,14H,4,12-13H2,1-3H3,(H,25,29). The molecular formula is C22H24BrClN4O2S. The first-order chi connectivity index (χ1) is 14.9. The van der Waals surface area contributed by atoms with Gasteiger partial charge in [0.15, 0.2) is 11.0 Å². The highest BCUT2D eigenvalue weighted by Crippen LogP contribution is 2.26. The quantitative estimate of drug-likeness (QED) is 0.341. The summed E-state index contributed by atoms with van der Waals surface area (Å²) in [6.45, 7) is 7.32. The van der Waals surface area contributed by atoms with Gasteiger partial charge in [0.1, 0.15) is 12.4 Å². The Morgan fingerprint density at radius 3 is 2.61 bits per heavy atom. The second-order valence-corrected chi connectivity index (χ2v) is 9.38. The number of thioether (sulfide) groups is 1. The average Bonchev–Trinajstić information content (AvgIpc) is 3.15. The number of nitrogens with zero attached hydrogens (tertiary/aromatic N) is 3. The number of halogens is 2. The van der Waals surface area contributed by atoms with Gasteiger partial charge in [0.25, 0.3) is 0 Å². The zero-order chi connectivity index (χ0) is 22.4. The van der Waals surface area contributed by atoms with Crippen molar-refractivity contribution in [1.82, 2.24) is 14.8 Å². The van der Waals surface area contributed by atoms with E-state index in [9.17, 15) is 4.79 Å². The van der Waals surface area contributed by atoms with Crippen LogP contribution in [0, 0.1) is 0 Å². The van der Waals surface area contributed by atoms with Gasteiger partial charge in [-0.15, -0.1) is 10.2 Å². The van der Waals surface area contributed by atoms with Crippen molar-refractivity contribution in [2.24, 2.45) is 0 Å². The van der Waals surface area contributed by atoms with Crippen molar-refractivity contribution in [2.75, 3.05) is 11.1 Å². The lowest BCUT2D eigenvalue weighted by Gasteiger charge is -2.10. The van der Waals surface area contributed by atoms with Gasteiger partial charge in [-0.05, 0) is 48.7 Å². The maximum Gasteiger partial charge on any atom is 0.234 e. The third-order valence-corrected chi connectivity index (χ3v) is 6.33. The Labute approximate surface area is 199 Å². The van der Waals surface area contributed by atoms with Crippen LogP contribution in [0.2, 0.25) is 5.02 Å². The van der Waals surface area contributed by atoms with Crippen LogP contribution in [-0.4, -0.2) is 26.4 Å². The molecule has 0 fully saturated rings. The first-order valence-corrected chi connectivity index (χ1v) is 12.1. The molecule has 164 valence electrons. The summed E-state index contributed by atoms with van der Waals surface area (Å²) in [7, 11) is 0. The van der Waals surface area contributed by atoms with E-state index in [-0.39, 0.29) is 11.7 Å². The molecule has 1 aromatic heterocycles. The first kappa shape index (κ1) is 23.6. The van der Waals surface area contributed by atoms with Crippen LogP contribution in [0.1, 0.15) is 38.1 Å². The molecule has 0 bridgehead atoms.